The summed E-state index contributed by atoms with van der Waals surface area (Å²) in [5, 5.41) is 10.3. The second-order valence-corrected chi connectivity index (χ2v) is 4.42. The molecule has 3 rings (SSSR count). The van der Waals surface area contributed by atoms with Gasteiger partial charge in [0.1, 0.15) is 0 Å². The SMILES string of the molecule is CNCc1cc(-c2ccc3oc(=O)n(C)c3c2)n[nH]1. The second-order valence-electron chi connectivity index (χ2n) is 4.42. The molecule has 6 heteroatoms. The van der Waals surface area contributed by atoms with Crippen LogP contribution >= 0.6 is 0 Å². The van der Waals surface area contributed by atoms with Crippen molar-refractivity contribution in [3.63, 3.8) is 0 Å². The third kappa shape index (κ3) is 1.96. The predicted molar refractivity (Wildman–Crippen MR) is 71.8 cm³/mol. The highest BCUT2D eigenvalue weighted by molar-refractivity contribution is 5.79. The van der Waals surface area contributed by atoms with E-state index in [2.05, 4.69) is 15.5 Å². The maximum Gasteiger partial charge on any atom is 0.419 e. The van der Waals surface area contributed by atoms with Gasteiger partial charge in [0, 0.05) is 24.8 Å². The largest absolute Gasteiger partial charge is 0.419 e. The smallest absolute Gasteiger partial charge is 0.408 e. The van der Waals surface area contributed by atoms with E-state index in [1.54, 1.807) is 13.1 Å². The highest BCUT2D eigenvalue weighted by Crippen LogP contribution is 2.22. The fourth-order valence-corrected chi connectivity index (χ4v) is 2.08. The van der Waals surface area contributed by atoms with Crippen LogP contribution in [0.3, 0.4) is 0 Å². The lowest BCUT2D eigenvalue weighted by atomic mass is 10.1. The molecule has 2 N–H and O–H groups in total. The Kier molecular flexibility index (Phi) is 2.72. The van der Waals surface area contributed by atoms with Gasteiger partial charge in [0.2, 0.25) is 0 Å². The van der Waals surface area contributed by atoms with Gasteiger partial charge in [-0.25, -0.2) is 4.79 Å². The third-order valence-electron chi connectivity index (χ3n) is 3.09. The van der Waals surface area contributed by atoms with E-state index in [9.17, 15) is 4.79 Å². The molecule has 19 heavy (non-hydrogen) atoms. The molecule has 0 saturated heterocycles. The van der Waals surface area contributed by atoms with Gasteiger partial charge in [-0.15, -0.1) is 0 Å². The molecule has 0 aliphatic rings. The topological polar surface area (TPSA) is 75.8 Å². The first-order valence-corrected chi connectivity index (χ1v) is 5.98. The van der Waals surface area contributed by atoms with Crippen LogP contribution in [0.1, 0.15) is 5.69 Å². The molecule has 0 amide bonds. The number of nitrogens with one attached hydrogen (secondary N) is 2. The maximum absolute atomic E-state index is 11.4. The number of aryl methyl sites for hydroxylation is 1. The van der Waals surface area contributed by atoms with E-state index in [0.717, 1.165) is 29.0 Å². The van der Waals surface area contributed by atoms with Crippen LogP contribution in [0.15, 0.2) is 33.5 Å². The number of hydrogen-bond acceptors (Lipinski definition) is 4. The van der Waals surface area contributed by atoms with Crippen molar-refractivity contribution in [3.05, 3.63) is 40.5 Å². The molecule has 6 nitrogen and oxygen atoms in total. The average Bonchev–Trinajstić information content (AvgIpc) is 2.97. The van der Waals surface area contributed by atoms with Crippen molar-refractivity contribution in [2.75, 3.05) is 7.05 Å². The normalized spacial score (nSPS) is 11.3. The lowest BCUT2D eigenvalue weighted by Crippen LogP contribution is -2.08. The van der Waals surface area contributed by atoms with Crippen molar-refractivity contribution in [2.45, 2.75) is 6.54 Å². The van der Waals surface area contributed by atoms with Crippen LogP contribution in [0.2, 0.25) is 0 Å². The predicted octanol–water partition coefficient (Wildman–Crippen LogP) is 1.24. The number of oxazole rings is 1. The van der Waals surface area contributed by atoms with Crippen LogP contribution < -0.4 is 11.1 Å². The van der Waals surface area contributed by atoms with Gasteiger partial charge in [0.15, 0.2) is 5.58 Å². The molecule has 0 aliphatic carbocycles. The molecule has 0 spiro atoms. The Bertz CT molecular complexity index is 781. The summed E-state index contributed by atoms with van der Waals surface area (Å²) in [4.78, 5) is 11.4. The molecule has 98 valence electrons. The van der Waals surface area contributed by atoms with E-state index in [4.69, 9.17) is 4.42 Å². The number of rotatable bonds is 3. The van der Waals surface area contributed by atoms with Crippen molar-refractivity contribution < 1.29 is 4.42 Å². The lowest BCUT2D eigenvalue weighted by Gasteiger charge is -1.97. The standard InChI is InChI=1S/C13H14N4O2/c1-14-7-9-6-10(16-15-9)8-3-4-12-11(5-8)17(2)13(18)19-12/h3-6,14H,7H2,1-2H3,(H,15,16). The molecule has 0 saturated carbocycles. The zero-order valence-electron chi connectivity index (χ0n) is 10.7. The highest BCUT2D eigenvalue weighted by Gasteiger charge is 2.09. The molecule has 2 aromatic heterocycles. The third-order valence-corrected chi connectivity index (χ3v) is 3.09. The van der Waals surface area contributed by atoms with Gasteiger partial charge in [-0.2, -0.15) is 5.10 Å². The van der Waals surface area contributed by atoms with Crippen LogP contribution in [-0.4, -0.2) is 21.8 Å². The number of H-pyrrole nitrogens is 1. The fourth-order valence-electron chi connectivity index (χ4n) is 2.08. The monoisotopic (exact) mass is 258 g/mol. The minimum Gasteiger partial charge on any atom is -0.408 e. The Morgan fingerprint density at radius 1 is 1.42 bits per heavy atom. The van der Waals surface area contributed by atoms with E-state index < -0.39 is 0 Å². The first-order valence-electron chi connectivity index (χ1n) is 5.98. The summed E-state index contributed by atoms with van der Waals surface area (Å²) >= 11 is 0. The minimum absolute atomic E-state index is 0.356. The van der Waals surface area contributed by atoms with Crippen LogP contribution in [0.5, 0.6) is 0 Å². The van der Waals surface area contributed by atoms with Crippen LogP contribution in [0.25, 0.3) is 22.4 Å². The highest BCUT2D eigenvalue weighted by atomic mass is 16.4. The summed E-state index contributed by atoms with van der Waals surface area (Å²) in [6, 6.07) is 7.57. The second kappa shape index (κ2) is 4.40. The summed E-state index contributed by atoms with van der Waals surface area (Å²) in [6.07, 6.45) is 0. The quantitative estimate of drug-likeness (QED) is 0.741. The summed E-state index contributed by atoms with van der Waals surface area (Å²) in [5.41, 5.74) is 4.16. The first kappa shape index (κ1) is 11.7. The molecule has 2 heterocycles. The van der Waals surface area contributed by atoms with Gasteiger partial charge in [-0.1, -0.05) is 0 Å². The molecule has 0 radical (unpaired) electrons. The lowest BCUT2D eigenvalue weighted by molar-refractivity contribution is 0.528. The van der Waals surface area contributed by atoms with Crippen molar-refractivity contribution in [1.29, 1.82) is 0 Å². The summed E-state index contributed by atoms with van der Waals surface area (Å²) in [7, 11) is 3.57. The molecule has 0 aliphatic heterocycles. The molecular formula is C13H14N4O2. The van der Waals surface area contributed by atoms with Crippen molar-refractivity contribution in [1.82, 2.24) is 20.1 Å². The summed E-state index contributed by atoms with van der Waals surface area (Å²) in [6.45, 7) is 0.736. The van der Waals surface area contributed by atoms with Gasteiger partial charge < -0.3 is 9.73 Å². The molecule has 0 atom stereocenters. The number of benzene rings is 1. The van der Waals surface area contributed by atoms with E-state index in [1.165, 1.54) is 4.57 Å². The average molecular weight is 258 g/mol. The van der Waals surface area contributed by atoms with E-state index >= 15 is 0 Å². The Labute approximate surface area is 109 Å². The van der Waals surface area contributed by atoms with Gasteiger partial charge in [0.25, 0.3) is 0 Å². The number of aromatic amines is 1. The molecular weight excluding hydrogens is 244 g/mol. The van der Waals surface area contributed by atoms with Gasteiger partial charge in [-0.3, -0.25) is 9.67 Å². The number of aromatic nitrogens is 3. The van der Waals surface area contributed by atoms with Gasteiger partial charge in [-0.05, 0) is 31.3 Å². The van der Waals surface area contributed by atoms with Crippen LogP contribution in [0, 0.1) is 0 Å². The Hall–Kier alpha value is -2.34. The zero-order valence-corrected chi connectivity index (χ0v) is 10.7. The maximum atomic E-state index is 11.4. The van der Waals surface area contributed by atoms with Crippen molar-refractivity contribution in [3.8, 4) is 11.3 Å². The number of nitrogens with zero attached hydrogens (tertiary/aromatic N) is 2. The van der Waals surface area contributed by atoms with Crippen molar-refractivity contribution >= 4 is 11.1 Å². The number of hydrogen-bond donors (Lipinski definition) is 2. The Morgan fingerprint density at radius 2 is 2.26 bits per heavy atom. The molecule has 1 aromatic carbocycles. The minimum atomic E-state index is -0.356. The van der Waals surface area contributed by atoms with E-state index in [1.807, 2.05) is 25.2 Å². The van der Waals surface area contributed by atoms with Gasteiger partial charge >= 0.3 is 5.76 Å². The fraction of sp³-hybridized carbons (Fsp3) is 0.231. The molecule has 0 unspecified atom stereocenters. The zero-order chi connectivity index (χ0) is 13.4. The van der Waals surface area contributed by atoms with E-state index in [0.29, 0.717) is 5.58 Å². The summed E-state index contributed by atoms with van der Waals surface area (Å²) in [5.74, 6) is -0.356. The Morgan fingerprint density at radius 3 is 3.05 bits per heavy atom. The summed E-state index contributed by atoms with van der Waals surface area (Å²) < 4.78 is 6.59. The van der Waals surface area contributed by atoms with Crippen LogP contribution in [-0.2, 0) is 13.6 Å². The Balaban J connectivity index is 2.08. The van der Waals surface area contributed by atoms with E-state index in [-0.39, 0.29) is 5.76 Å². The van der Waals surface area contributed by atoms with Crippen LogP contribution in [0.4, 0.5) is 0 Å². The molecule has 3 aromatic rings. The van der Waals surface area contributed by atoms with Gasteiger partial charge in [0.05, 0.1) is 11.2 Å². The van der Waals surface area contributed by atoms with Crippen molar-refractivity contribution in [2.24, 2.45) is 7.05 Å². The molecule has 0 bridgehead atoms. The number of fused-ring (bicyclic) bond motifs is 1. The molecule has 0 fully saturated rings. The first-order chi connectivity index (χ1) is 9.19.